The van der Waals surface area contributed by atoms with Gasteiger partial charge in [0, 0.05) is 17.6 Å². The smallest absolute Gasteiger partial charge is 0.0727 e. The van der Waals surface area contributed by atoms with Crippen molar-refractivity contribution in [3.63, 3.8) is 0 Å². The van der Waals surface area contributed by atoms with Gasteiger partial charge in [-0.15, -0.1) is 0 Å². The molecule has 0 saturated heterocycles. The summed E-state index contributed by atoms with van der Waals surface area (Å²) in [5.41, 5.74) is 2.54. The molecule has 0 radical (unpaired) electrons. The second-order valence-corrected chi connectivity index (χ2v) is 5.98. The summed E-state index contributed by atoms with van der Waals surface area (Å²) in [4.78, 5) is 0. The van der Waals surface area contributed by atoms with Crippen LogP contribution in [0.3, 0.4) is 0 Å². The van der Waals surface area contributed by atoms with E-state index in [0.717, 1.165) is 30.1 Å². The van der Waals surface area contributed by atoms with Crippen molar-refractivity contribution in [2.24, 2.45) is 5.92 Å². The summed E-state index contributed by atoms with van der Waals surface area (Å²) < 4.78 is 6.99. The Morgan fingerprint density at radius 1 is 1.33 bits per heavy atom. The molecule has 0 atom stereocenters. The van der Waals surface area contributed by atoms with Crippen LogP contribution in [-0.2, 0) is 17.9 Å². The Bertz CT molecular complexity index is 375. The van der Waals surface area contributed by atoms with Crippen LogP contribution in [0, 0.1) is 5.92 Å². The van der Waals surface area contributed by atoms with Crippen molar-refractivity contribution in [2.75, 3.05) is 13.7 Å². The Hall–Kier alpha value is -0.380. The molecule has 2 nitrogen and oxygen atoms in total. The lowest BCUT2D eigenvalue weighted by Gasteiger charge is -2.11. The molecular weight excluding hydrogens is 290 g/mol. The number of hydrogen-bond donors (Lipinski definition) is 1. The van der Waals surface area contributed by atoms with E-state index in [1.807, 2.05) is 7.05 Å². The first kappa shape index (κ1) is 14.0. The van der Waals surface area contributed by atoms with Gasteiger partial charge in [0.2, 0.25) is 0 Å². The van der Waals surface area contributed by atoms with Crippen molar-refractivity contribution < 1.29 is 4.74 Å². The summed E-state index contributed by atoms with van der Waals surface area (Å²) >= 11 is 3.62. The summed E-state index contributed by atoms with van der Waals surface area (Å²) in [5, 5.41) is 3.16. The summed E-state index contributed by atoms with van der Waals surface area (Å²) in [5.74, 6) is 0.798. The molecule has 0 unspecified atom stereocenters. The maximum absolute atomic E-state index is 5.84. The highest BCUT2D eigenvalue weighted by Crippen LogP contribution is 2.25. The Morgan fingerprint density at radius 2 is 2.11 bits per heavy atom. The molecule has 1 aromatic rings. The van der Waals surface area contributed by atoms with Crippen molar-refractivity contribution in [3.05, 3.63) is 33.8 Å². The van der Waals surface area contributed by atoms with Crippen LogP contribution >= 0.6 is 15.9 Å². The van der Waals surface area contributed by atoms with Crippen LogP contribution < -0.4 is 5.32 Å². The van der Waals surface area contributed by atoms with E-state index >= 15 is 0 Å². The Balaban J connectivity index is 1.81. The SMILES string of the molecule is CNCc1ccc(COCC2CCCC2)c(Br)c1. The third-order valence-electron chi connectivity index (χ3n) is 3.58. The fraction of sp³-hybridized carbons (Fsp3) is 0.600. The van der Waals surface area contributed by atoms with E-state index in [9.17, 15) is 0 Å². The number of rotatable bonds is 6. The zero-order valence-corrected chi connectivity index (χ0v) is 12.6. The molecule has 1 aliphatic rings. The maximum Gasteiger partial charge on any atom is 0.0727 e. The molecule has 1 saturated carbocycles. The molecule has 1 aromatic carbocycles. The van der Waals surface area contributed by atoms with Crippen LogP contribution in [0.25, 0.3) is 0 Å². The van der Waals surface area contributed by atoms with E-state index in [-0.39, 0.29) is 0 Å². The summed E-state index contributed by atoms with van der Waals surface area (Å²) in [7, 11) is 1.96. The fourth-order valence-corrected chi connectivity index (χ4v) is 3.08. The highest BCUT2D eigenvalue weighted by Gasteiger charge is 2.14. The van der Waals surface area contributed by atoms with E-state index in [1.54, 1.807) is 0 Å². The van der Waals surface area contributed by atoms with E-state index in [2.05, 4.69) is 39.4 Å². The Kier molecular flexibility index (Phi) is 5.67. The molecule has 2 rings (SSSR count). The number of halogens is 1. The molecule has 18 heavy (non-hydrogen) atoms. The lowest BCUT2D eigenvalue weighted by molar-refractivity contribution is 0.0885. The molecule has 0 heterocycles. The molecule has 1 fully saturated rings. The van der Waals surface area contributed by atoms with Gasteiger partial charge in [0.1, 0.15) is 0 Å². The molecule has 0 aromatic heterocycles. The summed E-state index contributed by atoms with van der Waals surface area (Å²) in [6.45, 7) is 2.55. The molecule has 100 valence electrons. The van der Waals surface area contributed by atoms with Crippen molar-refractivity contribution in [3.8, 4) is 0 Å². The second-order valence-electron chi connectivity index (χ2n) is 5.12. The van der Waals surface area contributed by atoms with Crippen molar-refractivity contribution >= 4 is 15.9 Å². The van der Waals surface area contributed by atoms with Gasteiger partial charge in [-0.2, -0.15) is 0 Å². The number of benzene rings is 1. The monoisotopic (exact) mass is 311 g/mol. The van der Waals surface area contributed by atoms with Gasteiger partial charge in [-0.3, -0.25) is 0 Å². The third kappa shape index (κ3) is 4.08. The normalized spacial score (nSPS) is 16.3. The molecule has 0 bridgehead atoms. The first-order valence-corrected chi connectivity index (χ1v) is 7.58. The van der Waals surface area contributed by atoms with Crippen molar-refractivity contribution in [1.29, 1.82) is 0 Å². The minimum atomic E-state index is 0.719. The zero-order chi connectivity index (χ0) is 12.8. The van der Waals surface area contributed by atoms with Crippen molar-refractivity contribution in [1.82, 2.24) is 5.32 Å². The molecule has 1 N–H and O–H groups in total. The van der Waals surface area contributed by atoms with Crippen LogP contribution in [0.4, 0.5) is 0 Å². The van der Waals surface area contributed by atoms with Gasteiger partial charge in [0.05, 0.1) is 6.61 Å². The van der Waals surface area contributed by atoms with Gasteiger partial charge in [-0.05, 0) is 43.0 Å². The number of ether oxygens (including phenoxy) is 1. The molecule has 0 spiro atoms. The average molecular weight is 312 g/mol. The predicted octanol–water partition coefficient (Wildman–Crippen LogP) is 3.88. The lowest BCUT2D eigenvalue weighted by atomic mass is 10.1. The molecule has 1 aliphatic carbocycles. The average Bonchev–Trinajstić information content (AvgIpc) is 2.85. The van der Waals surface area contributed by atoms with Gasteiger partial charge in [-0.25, -0.2) is 0 Å². The third-order valence-corrected chi connectivity index (χ3v) is 4.32. The van der Waals surface area contributed by atoms with Crippen LogP contribution in [-0.4, -0.2) is 13.7 Å². The highest BCUT2D eigenvalue weighted by atomic mass is 79.9. The summed E-state index contributed by atoms with van der Waals surface area (Å²) in [6.07, 6.45) is 5.47. The van der Waals surface area contributed by atoms with E-state index in [4.69, 9.17) is 4.74 Å². The van der Waals surface area contributed by atoms with Crippen LogP contribution in [0.2, 0.25) is 0 Å². The quantitative estimate of drug-likeness (QED) is 0.861. The minimum absolute atomic E-state index is 0.719. The van der Waals surface area contributed by atoms with E-state index < -0.39 is 0 Å². The number of nitrogens with one attached hydrogen (secondary N) is 1. The minimum Gasteiger partial charge on any atom is -0.376 e. The van der Waals surface area contributed by atoms with Gasteiger partial charge >= 0.3 is 0 Å². The van der Waals surface area contributed by atoms with Crippen LogP contribution in [0.5, 0.6) is 0 Å². The van der Waals surface area contributed by atoms with Gasteiger partial charge in [0.25, 0.3) is 0 Å². The molecular formula is C15H22BrNO. The molecule has 3 heteroatoms. The summed E-state index contributed by atoms with van der Waals surface area (Å²) in [6, 6.07) is 6.49. The lowest BCUT2D eigenvalue weighted by Crippen LogP contribution is -2.07. The van der Waals surface area contributed by atoms with E-state index in [0.29, 0.717) is 0 Å². The first-order chi connectivity index (χ1) is 8.79. The maximum atomic E-state index is 5.84. The Morgan fingerprint density at radius 3 is 2.78 bits per heavy atom. The predicted molar refractivity (Wildman–Crippen MR) is 78.5 cm³/mol. The number of hydrogen-bond acceptors (Lipinski definition) is 2. The van der Waals surface area contributed by atoms with Gasteiger partial charge in [-0.1, -0.05) is 40.9 Å². The fourth-order valence-electron chi connectivity index (χ4n) is 2.53. The standard InChI is InChI=1S/C15H22BrNO/c1-17-9-13-6-7-14(15(16)8-13)11-18-10-12-4-2-3-5-12/h6-8,12,17H,2-5,9-11H2,1H3. The van der Waals surface area contributed by atoms with E-state index in [1.165, 1.54) is 36.8 Å². The topological polar surface area (TPSA) is 21.3 Å². The molecule has 0 aliphatic heterocycles. The highest BCUT2D eigenvalue weighted by molar-refractivity contribution is 9.10. The van der Waals surface area contributed by atoms with Crippen LogP contribution in [0.1, 0.15) is 36.8 Å². The van der Waals surface area contributed by atoms with Gasteiger partial charge < -0.3 is 10.1 Å². The molecule has 0 amide bonds. The largest absolute Gasteiger partial charge is 0.376 e. The zero-order valence-electron chi connectivity index (χ0n) is 11.0. The Labute approximate surface area is 118 Å². The van der Waals surface area contributed by atoms with Gasteiger partial charge in [0.15, 0.2) is 0 Å². The second kappa shape index (κ2) is 7.27. The van der Waals surface area contributed by atoms with Crippen LogP contribution in [0.15, 0.2) is 22.7 Å². The van der Waals surface area contributed by atoms with Crippen molar-refractivity contribution in [2.45, 2.75) is 38.8 Å². The first-order valence-electron chi connectivity index (χ1n) is 6.79.